The monoisotopic (exact) mass is 430 g/mol. The molecule has 3 aromatic rings. The minimum Gasteiger partial charge on any atom is -0.488 e. The van der Waals surface area contributed by atoms with Crippen LogP contribution in [-0.4, -0.2) is 4.92 Å². The number of nitrogens with zero attached hydrogens (tertiary/aromatic N) is 1. The van der Waals surface area contributed by atoms with Crippen molar-refractivity contribution in [3.8, 4) is 5.75 Å². The van der Waals surface area contributed by atoms with Gasteiger partial charge in [0.05, 0.1) is 9.40 Å². The van der Waals surface area contributed by atoms with Gasteiger partial charge in [-0.3, -0.25) is 10.1 Å². The van der Waals surface area contributed by atoms with Crippen molar-refractivity contribution in [1.82, 2.24) is 0 Å². The summed E-state index contributed by atoms with van der Waals surface area (Å²) in [6.07, 6.45) is 0. The Labute approximate surface area is 164 Å². The van der Waals surface area contributed by atoms with Gasteiger partial charge in [0.15, 0.2) is 0 Å². The van der Waals surface area contributed by atoms with E-state index in [-0.39, 0.29) is 18.1 Å². The predicted octanol–water partition coefficient (Wildman–Crippen LogP) is 5.69. The molecule has 0 aliphatic rings. The molecule has 138 valence electrons. The molecule has 0 bridgehead atoms. The Bertz CT molecular complexity index is 965. The number of halogens is 2. The molecule has 0 aliphatic carbocycles. The number of rotatable bonds is 7. The van der Waals surface area contributed by atoms with E-state index < -0.39 is 4.92 Å². The van der Waals surface area contributed by atoms with Gasteiger partial charge in [-0.1, -0.05) is 30.3 Å². The highest BCUT2D eigenvalue weighted by Crippen LogP contribution is 2.27. The molecule has 0 fully saturated rings. The van der Waals surface area contributed by atoms with Gasteiger partial charge >= 0.3 is 0 Å². The van der Waals surface area contributed by atoms with E-state index in [0.717, 1.165) is 10.0 Å². The molecular weight excluding hydrogens is 415 g/mol. The molecule has 0 radical (unpaired) electrons. The van der Waals surface area contributed by atoms with Crippen LogP contribution in [0.15, 0.2) is 71.2 Å². The van der Waals surface area contributed by atoms with Crippen LogP contribution in [0.3, 0.4) is 0 Å². The fraction of sp³-hybridized carbons (Fsp3) is 0.100. The maximum atomic E-state index is 13.7. The van der Waals surface area contributed by atoms with E-state index >= 15 is 0 Å². The van der Waals surface area contributed by atoms with Gasteiger partial charge in [0.2, 0.25) is 0 Å². The Morgan fingerprint density at radius 2 is 1.89 bits per heavy atom. The van der Waals surface area contributed by atoms with E-state index in [1.807, 2.05) is 12.1 Å². The van der Waals surface area contributed by atoms with Gasteiger partial charge < -0.3 is 10.1 Å². The molecule has 5 nitrogen and oxygen atoms in total. The molecule has 1 N–H and O–H groups in total. The van der Waals surface area contributed by atoms with E-state index in [9.17, 15) is 14.5 Å². The first-order valence-corrected chi connectivity index (χ1v) is 8.95. The minimum absolute atomic E-state index is 0.0399. The first kappa shape index (κ1) is 18.8. The summed E-state index contributed by atoms with van der Waals surface area (Å²) < 4.78 is 20.1. The third kappa shape index (κ3) is 5.04. The Morgan fingerprint density at radius 1 is 1.07 bits per heavy atom. The lowest BCUT2D eigenvalue weighted by atomic mass is 10.2. The second kappa shape index (κ2) is 8.64. The summed E-state index contributed by atoms with van der Waals surface area (Å²) in [5.74, 6) is 0.309. The molecule has 0 amide bonds. The lowest BCUT2D eigenvalue weighted by Crippen LogP contribution is -2.02. The number of benzene rings is 3. The van der Waals surface area contributed by atoms with Crippen molar-refractivity contribution in [3.05, 3.63) is 98.3 Å². The summed E-state index contributed by atoms with van der Waals surface area (Å²) in [6.45, 7) is 0.629. The Hall–Kier alpha value is -2.93. The number of hydrogen-bond donors (Lipinski definition) is 1. The molecule has 7 heteroatoms. The van der Waals surface area contributed by atoms with Crippen LogP contribution >= 0.6 is 15.9 Å². The van der Waals surface area contributed by atoms with Crippen LogP contribution in [0.5, 0.6) is 5.75 Å². The second-order valence-electron chi connectivity index (χ2n) is 5.81. The molecule has 0 heterocycles. The van der Waals surface area contributed by atoms with Crippen LogP contribution in [0, 0.1) is 15.9 Å². The fourth-order valence-corrected chi connectivity index (χ4v) is 3.02. The van der Waals surface area contributed by atoms with Crippen molar-refractivity contribution in [2.75, 3.05) is 5.32 Å². The molecule has 3 rings (SSSR count). The lowest BCUT2D eigenvalue weighted by Gasteiger charge is -2.11. The zero-order valence-electron chi connectivity index (χ0n) is 14.2. The summed E-state index contributed by atoms with van der Waals surface area (Å²) in [6, 6.07) is 18.4. The van der Waals surface area contributed by atoms with Gasteiger partial charge in [-0.25, -0.2) is 4.39 Å². The number of ether oxygens (including phenoxy) is 1. The van der Waals surface area contributed by atoms with Gasteiger partial charge in [-0.05, 0) is 45.8 Å². The van der Waals surface area contributed by atoms with E-state index in [0.29, 0.717) is 23.5 Å². The number of anilines is 1. The number of non-ortho nitro benzene ring substituents is 1. The normalized spacial score (nSPS) is 10.4. The molecule has 0 unspecified atom stereocenters. The zero-order chi connectivity index (χ0) is 19.2. The smallest absolute Gasteiger partial charge is 0.271 e. The summed E-state index contributed by atoms with van der Waals surface area (Å²) in [7, 11) is 0. The van der Waals surface area contributed by atoms with E-state index in [2.05, 4.69) is 21.2 Å². The highest BCUT2D eigenvalue weighted by molar-refractivity contribution is 9.10. The van der Waals surface area contributed by atoms with E-state index in [1.165, 1.54) is 18.2 Å². The molecule has 3 aromatic carbocycles. The zero-order valence-corrected chi connectivity index (χ0v) is 15.8. The summed E-state index contributed by atoms with van der Waals surface area (Å²) in [5.41, 5.74) is 2.16. The summed E-state index contributed by atoms with van der Waals surface area (Å²) in [4.78, 5) is 10.4. The molecule has 0 aliphatic heterocycles. The largest absolute Gasteiger partial charge is 0.488 e. The maximum absolute atomic E-state index is 13.7. The van der Waals surface area contributed by atoms with Crippen molar-refractivity contribution >= 4 is 27.3 Å². The molecule has 27 heavy (non-hydrogen) atoms. The van der Waals surface area contributed by atoms with Crippen molar-refractivity contribution in [2.45, 2.75) is 13.2 Å². The number of nitrogens with one attached hydrogen (secondary N) is 1. The van der Waals surface area contributed by atoms with Crippen molar-refractivity contribution in [2.24, 2.45) is 0 Å². The summed E-state index contributed by atoms with van der Waals surface area (Å²) >= 11 is 3.46. The highest BCUT2D eigenvalue weighted by atomic mass is 79.9. The predicted molar refractivity (Wildman–Crippen MR) is 105 cm³/mol. The number of nitro benzene ring substituents is 1. The topological polar surface area (TPSA) is 64.4 Å². The van der Waals surface area contributed by atoms with Gasteiger partial charge in [-0.2, -0.15) is 0 Å². The van der Waals surface area contributed by atoms with E-state index in [4.69, 9.17) is 4.74 Å². The van der Waals surface area contributed by atoms with Crippen LogP contribution in [0.4, 0.5) is 15.8 Å². The van der Waals surface area contributed by atoms with Crippen LogP contribution in [0.2, 0.25) is 0 Å². The van der Waals surface area contributed by atoms with Gasteiger partial charge in [0.1, 0.15) is 18.2 Å². The Kier molecular flexibility index (Phi) is 6.03. The highest BCUT2D eigenvalue weighted by Gasteiger charge is 2.08. The SMILES string of the molecule is O=[N+]([O-])c1cccc(NCc2ccc(OCc3ccccc3F)c(Br)c2)c1. The standard InChI is InChI=1S/C20H16BrFN2O3/c21-18-10-14(12-23-16-5-3-6-17(11-16)24(25)26)8-9-20(18)27-13-15-4-1-2-7-19(15)22/h1-11,23H,12-13H2. The molecular formula is C20H16BrFN2O3. The lowest BCUT2D eigenvalue weighted by molar-refractivity contribution is -0.384. The minimum atomic E-state index is -0.427. The van der Waals surface area contributed by atoms with Crippen LogP contribution in [0.25, 0.3) is 0 Å². The van der Waals surface area contributed by atoms with Gasteiger partial charge in [0, 0.05) is 29.9 Å². The van der Waals surface area contributed by atoms with Gasteiger partial charge in [-0.15, -0.1) is 0 Å². The van der Waals surface area contributed by atoms with Crippen molar-refractivity contribution in [3.63, 3.8) is 0 Å². The second-order valence-corrected chi connectivity index (χ2v) is 6.66. The Morgan fingerprint density at radius 3 is 2.63 bits per heavy atom. The third-order valence-corrected chi connectivity index (χ3v) is 4.51. The van der Waals surface area contributed by atoms with Gasteiger partial charge in [0.25, 0.3) is 5.69 Å². The average Bonchev–Trinajstić information content (AvgIpc) is 2.67. The van der Waals surface area contributed by atoms with Crippen LogP contribution in [-0.2, 0) is 13.2 Å². The third-order valence-electron chi connectivity index (χ3n) is 3.89. The van der Waals surface area contributed by atoms with Crippen molar-refractivity contribution in [1.29, 1.82) is 0 Å². The average molecular weight is 431 g/mol. The quantitative estimate of drug-likeness (QED) is 0.386. The number of nitro groups is 1. The Balaban J connectivity index is 1.62. The maximum Gasteiger partial charge on any atom is 0.271 e. The molecule has 0 spiro atoms. The first-order valence-electron chi connectivity index (χ1n) is 8.16. The molecule has 0 saturated heterocycles. The van der Waals surface area contributed by atoms with Crippen LogP contribution < -0.4 is 10.1 Å². The molecule has 0 aromatic heterocycles. The fourth-order valence-electron chi connectivity index (χ4n) is 2.48. The van der Waals surface area contributed by atoms with E-state index in [1.54, 1.807) is 36.4 Å². The van der Waals surface area contributed by atoms with Crippen LogP contribution in [0.1, 0.15) is 11.1 Å². The summed E-state index contributed by atoms with van der Waals surface area (Å²) in [5, 5.41) is 14.0. The first-order chi connectivity index (χ1) is 13.0. The molecule has 0 atom stereocenters. The number of hydrogen-bond acceptors (Lipinski definition) is 4. The molecule has 0 saturated carbocycles. The van der Waals surface area contributed by atoms with Crippen molar-refractivity contribution < 1.29 is 14.1 Å².